The van der Waals surface area contributed by atoms with Crippen molar-refractivity contribution in [2.75, 3.05) is 27.9 Å². The number of ether oxygens (including phenoxy) is 5. The Kier molecular flexibility index (Phi) is 21.3. The van der Waals surface area contributed by atoms with Crippen molar-refractivity contribution in [1.29, 1.82) is 0 Å². The highest BCUT2D eigenvalue weighted by Crippen LogP contribution is 2.39. The number of piperidine rings is 1. The smallest absolute Gasteiger partial charge is 0.329 e. The van der Waals surface area contributed by atoms with E-state index in [2.05, 4.69) is 0 Å². The summed E-state index contributed by atoms with van der Waals surface area (Å²) in [6, 6.07) is -1.08. The average molecular weight is 916 g/mol. The molecule has 0 radical (unpaired) electrons. The van der Waals surface area contributed by atoms with Crippen LogP contribution < -0.4 is 0 Å². The quantitative estimate of drug-likeness (QED) is 0.180. The Morgan fingerprint density at radius 3 is 2.25 bits per heavy atom. The summed E-state index contributed by atoms with van der Waals surface area (Å²) in [4.78, 5) is 57.8. The van der Waals surface area contributed by atoms with Crippen LogP contribution >= 0.6 is 0 Å². The van der Waals surface area contributed by atoms with Crippen molar-refractivity contribution >= 4 is 23.4 Å². The molecule has 14 heteroatoms. The Morgan fingerprint density at radius 1 is 0.846 bits per heavy atom. The minimum atomic E-state index is -2.23. The number of fused-ring (bicyclic) bond motifs is 3. The van der Waals surface area contributed by atoms with E-state index in [9.17, 15) is 39.6 Å². The minimum Gasteiger partial charge on any atom is -0.460 e. The van der Waals surface area contributed by atoms with Crippen LogP contribution in [0.25, 0.3) is 0 Å². The van der Waals surface area contributed by atoms with E-state index in [1.807, 2.05) is 58.1 Å². The third kappa shape index (κ3) is 14.5. The van der Waals surface area contributed by atoms with Gasteiger partial charge in [-0.2, -0.15) is 0 Å². The van der Waals surface area contributed by atoms with Crippen molar-refractivity contribution in [3.63, 3.8) is 0 Å². The average Bonchev–Trinajstić information content (AvgIpc) is 3.28. The number of cyclic esters (lactones) is 1. The second-order valence-corrected chi connectivity index (χ2v) is 19.8. The van der Waals surface area contributed by atoms with Gasteiger partial charge in [-0.3, -0.25) is 14.4 Å². The van der Waals surface area contributed by atoms with Gasteiger partial charge >= 0.3 is 5.97 Å². The van der Waals surface area contributed by atoms with Gasteiger partial charge in [-0.15, -0.1) is 0 Å². The zero-order chi connectivity index (χ0) is 48.2. The van der Waals surface area contributed by atoms with Crippen LogP contribution in [-0.4, -0.2) is 137 Å². The molecule has 3 heterocycles. The zero-order valence-corrected chi connectivity index (χ0v) is 40.7. The summed E-state index contributed by atoms with van der Waals surface area (Å²) in [7, 11) is 4.55. The monoisotopic (exact) mass is 916 g/mol. The summed E-state index contributed by atoms with van der Waals surface area (Å²) >= 11 is 0. The summed E-state index contributed by atoms with van der Waals surface area (Å²) < 4.78 is 29.5. The van der Waals surface area contributed by atoms with Crippen molar-refractivity contribution < 1.29 is 63.3 Å². The number of allylic oxidation sites excluding steroid dienone is 6. The SMILES string of the molecule is CO[C@H]1C[C@@H]2CC[C@@H](C)[C@@](O)(O2)[C@@H](O)C(=O)N2CCCCC2C(=O)O[C@H]([C@H](C)C[C@@H]2CC[C@@H](O)[C@H](OC)C2)CC(=O)[C@H](C)/C=C(\C)[C@@H](O)[C@@H](OC)C(=O)[C@H](C)C[C@H](C)/C=C/C=C/C=C/1C. The molecule has 0 spiro atoms. The lowest BCUT2D eigenvalue weighted by Crippen LogP contribution is -2.63. The number of Topliss-reactive ketones (excluding diaryl/α,β-unsaturated/α-hetero) is 2. The minimum absolute atomic E-state index is 0.0264. The largest absolute Gasteiger partial charge is 0.460 e. The van der Waals surface area contributed by atoms with Crippen LogP contribution in [0.4, 0.5) is 0 Å². The van der Waals surface area contributed by atoms with E-state index in [0.29, 0.717) is 63.4 Å². The van der Waals surface area contributed by atoms with E-state index < -0.39 is 78.1 Å². The van der Waals surface area contributed by atoms with E-state index in [4.69, 9.17) is 23.7 Å². The van der Waals surface area contributed by atoms with E-state index in [-0.39, 0.29) is 60.9 Å². The van der Waals surface area contributed by atoms with Gasteiger partial charge in [0, 0.05) is 58.5 Å². The topological polar surface area (TPSA) is 199 Å². The van der Waals surface area contributed by atoms with E-state index >= 15 is 0 Å². The van der Waals surface area contributed by atoms with Gasteiger partial charge in [0.05, 0.1) is 24.4 Å². The standard InChI is InChI=1S/C51H81NO13/c1-30-16-12-11-13-17-31(2)42(61-8)28-38-21-19-36(7)51(60,65-38)48(57)49(58)52-23-15-14-18-39(52)50(59)64-43(33(4)26-37-20-22-40(53)44(27-37)62-9)29-41(54)32(3)25-35(6)46(56)47(63-10)45(55)34(5)24-30/h11-13,16-17,25,30,32-34,36-40,42-44,46-48,53,56-57,60H,14-15,18-24,26-29H2,1-10H3/b13-11+,16-12+,31-17+,35-25+/t30-,32-,33-,34-,36-,37+,38+,39?,40-,42+,43+,44-,46-,47+,48+,51-/m1/s1. The van der Waals surface area contributed by atoms with Gasteiger partial charge in [0.2, 0.25) is 5.79 Å². The van der Waals surface area contributed by atoms with Crippen molar-refractivity contribution in [3.05, 3.63) is 47.6 Å². The number of aliphatic hydroxyl groups excluding tert-OH is 3. The fraction of sp³-hybridized carbons (Fsp3) is 0.765. The van der Waals surface area contributed by atoms with Crippen LogP contribution in [0, 0.1) is 35.5 Å². The van der Waals surface area contributed by atoms with Crippen LogP contribution in [0.5, 0.6) is 0 Å². The summed E-state index contributed by atoms with van der Waals surface area (Å²) in [5, 5.41) is 45.7. The lowest BCUT2D eigenvalue weighted by Gasteiger charge is -2.46. The highest BCUT2D eigenvalue weighted by Gasteiger charge is 2.53. The molecule has 1 saturated carbocycles. The molecule has 16 atom stereocenters. The summed E-state index contributed by atoms with van der Waals surface area (Å²) in [6.07, 6.45) is 9.72. The lowest BCUT2D eigenvalue weighted by molar-refractivity contribution is -0.317. The van der Waals surface area contributed by atoms with Crippen molar-refractivity contribution in [1.82, 2.24) is 4.90 Å². The molecule has 65 heavy (non-hydrogen) atoms. The number of hydrogen-bond donors (Lipinski definition) is 4. The van der Waals surface area contributed by atoms with Crippen molar-refractivity contribution in [2.45, 2.75) is 186 Å². The van der Waals surface area contributed by atoms with Gasteiger partial charge in [0.1, 0.15) is 30.1 Å². The fourth-order valence-corrected chi connectivity index (χ4v) is 10.3. The molecule has 1 unspecified atom stereocenters. The van der Waals surface area contributed by atoms with Crippen molar-refractivity contribution in [2.24, 2.45) is 35.5 Å². The Labute approximate surface area is 387 Å². The number of carbonyl (C=O) groups excluding carboxylic acids is 4. The summed E-state index contributed by atoms with van der Waals surface area (Å²) in [5.41, 5.74) is 1.30. The second kappa shape index (κ2) is 25.3. The Hall–Kier alpha value is -3.08. The third-order valence-electron chi connectivity index (χ3n) is 14.7. The zero-order valence-electron chi connectivity index (χ0n) is 40.7. The molecule has 368 valence electrons. The molecule has 1 aliphatic carbocycles. The first-order valence-electron chi connectivity index (χ1n) is 24.1. The second-order valence-electron chi connectivity index (χ2n) is 19.8. The third-order valence-corrected chi connectivity index (χ3v) is 14.7. The number of hydrogen-bond acceptors (Lipinski definition) is 13. The van der Waals surface area contributed by atoms with Gasteiger partial charge < -0.3 is 49.0 Å². The Balaban J connectivity index is 1.70. The number of amides is 1. The summed E-state index contributed by atoms with van der Waals surface area (Å²) in [5.74, 6) is -6.22. The van der Waals surface area contributed by atoms with Gasteiger partial charge in [-0.25, -0.2) is 4.79 Å². The number of carbonyl (C=O) groups is 4. The highest BCUT2D eigenvalue weighted by molar-refractivity contribution is 5.89. The van der Waals surface area contributed by atoms with E-state index in [1.54, 1.807) is 41.1 Å². The van der Waals surface area contributed by atoms with Gasteiger partial charge in [-0.1, -0.05) is 71.1 Å². The van der Waals surface area contributed by atoms with E-state index in [0.717, 1.165) is 12.0 Å². The Morgan fingerprint density at radius 2 is 1.57 bits per heavy atom. The molecule has 3 aliphatic heterocycles. The molecule has 4 aliphatic rings. The van der Waals surface area contributed by atoms with Gasteiger partial charge in [0.25, 0.3) is 5.91 Å². The normalized spacial score (nSPS) is 41.5. The number of nitrogens with zero attached hydrogens (tertiary/aromatic N) is 1. The maximum atomic E-state index is 14.4. The first-order chi connectivity index (χ1) is 30.7. The van der Waals surface area contributed by atoms with Gasteiger partial charge in [-0.05, 0) is 107 Å². The number of esters is 1. The van der Waals surface area contributed by atoms with Gasteiger partial charge in [0.15, 0.2) is 11.9 Å². The molecule has 2 bridgehead atoms. The van der Waals surface area contributed by atoms with Crippen LogP contribution in [0.15, 0.2) is 47.6 Å². The maximum absolute atomic E-state index is 14.4. The predicted molar refractivity (Wildman–Crippen MR) is 246 cm³/mol. The first-order valence-corrected chi connectivity index (χ1v) is 24.1. The van der Waals surface area contributed by atoms with Crippen LogP contribution in [-0.2, 0) is 42.9 Å². The molecule has 4 N–H and O–H groups in total. The molecule has 0 aromatic rings. The molecule has 2 saturated heterocycles. The number of rotatable bonds is 6. The number of aliphatic hydroxyl groups is 4. The van der Waals surface area contributed by atoms with Crippen molar-refractivity contribution in [3.8, 4) is 0 Å². The maximum Gasteiger partial charge on any atom is 0.329 e. The molecule has 4 rings (SSSR count). The summed E-state index contributed by atoms with van der Waals surface area (Å²) in [6.45, 7) is 12.9. The van der Waals surface area contributed by atoms with E-state index in [1.165, 1.54) is 12.0 Å². The molecule has 0 aromatic heterocycles. The molecule has 1 amide bonds. The molecular weight excluding hydrogens is 835 g/mol. The molecule has 14 nitrogen and oxygen atoms in total. The fourth-order valence-electron chi connectivity index (χ4n) is 10.3. The molecule has 0 aromatic carbocycles. The first kappa shape index (κ1) is 54.5. The van der Waals surface area contributed by atoms with Crippen LogP contribution in [0.2, 0.25) is 0 Å². The number of methoxy groups -OCH3 is 3. The predicted octanol–water partition coefficient (Wildman–Crippen LogP) is 5.97. The number of ketones is 2. The highest BCUT2D eigenvalue weighted by atomic mass is 16.6. The molecular formula is C51H81NO13. The Bertz CT molecular complexity index is 1710. The van der Waals surface area contributed by atoms with Crippen LogP contribution in [0.1, 0.15) is 126 Å². The molecule has 3 fully saturated rings. The van der Waals surface area contributed by atoms with Crippen LogP contribution in [0.3, 0.4) is 0 Å². The lowest BCUT2D eigenvalue weighted by atomic mass is 9.78.